The first kappa shape index (κ1) is 32.0. The number of halogens is 3. The van der Waals surface area contributed by atoms with Gasteiger partial charge in [0.25, 0.3) is 0 Å². The summed E-state index contributed by atoms with van der Waals surface area (Å²) in [6.45, 7) is 0.584. The summed E-state index contributed by atoms with van der Waals surface area (Å²) in [5.74, 6) is 5.93. The molecule has 0 radical (unpaired) electrons. The van der Waals surface area contributed by atoms with Crippen LogP contribution in [0.5, 0.6) is 5.75 Å². The summed E-state index contributed by atoms with van der Waals surface area (Å²) in [5, 5.41) is 16.2. The van der Waals surface area contributed by atoms with Crippen molar-refractivity contribution in [3.8, 4) is 23.7 Å². The number of piperidine rings is 1. The molecule has 0 unspecified atom stereocenters. The van der Waals surface area contributed by atoms with E-state index in [0.717, 1.165) is 50.7 Å². The Hall–Kier alpha value is -3.91. The fourth-order valence-corrected chi connectivity index (χ4v) is 7.37. The van der Waals surface area contributed by atoms with E-state index in [4.69, 9.17) is 14.7 Å². The van der Waals surface area contributed by atoms with E-state index in [2.05, 4.69) is 27.4 Å². The molecule has 2 bridgehead atoms. The predicted octanol–water partition coefficient (Wildman–Crippen LogP) is 5.17. The van der Waals surface area contributed by atoms with E-state index in [0.29, 0.717) is 34.8 Å². The van der Waals surface area contributed by atoms with Gasteiger partial charge in [0.15, 0.2) is 16.4 Å². The van der Waals surface area contributed by atoms with E-state index in [1.54, 1.807) is 18.2 Å². The third kappa shape index (κ3) is 7.38. The fourth-order valence-electron chi connectivity index (χ4n) is 6.74. The van der Waals surface area contributed by atoms with Crippen LogP contribution in [0.15, 0.2) is 47.4 Å². The molecule has 1 aromatic heterocycles. The van der Waals surface area contributed by atoms with Crippen molar-refractivity contribution in [3.05, 3.63) is 48.2 Å². The lowest BCUT2D eigenvalue weighted by Crippen LogP contribution is -2.60. The number of fused-ring (bicyclic) bond motifs is 3. The minimum absolute atomic E-state index is 0.0274. The first-order valence-corrected chi connectivity index (χ1v) is 17.3. The zero-order valence-corrected chi connectivity index (χ0v) is 26.3. The monoisotopic (exact) mass is 655 g/mol. The Balaban J connectivity index is 1.17. The molecule has 0 amide bonds. The number of benzene rings is 2. The van der Waals surface area contributed by atoms with Gasteiger partial charge in [0, 0.05) is 55.0 Å². The molecular weight excluding hydrogens is 619 g/mol. The number of sulfone groups is 1. The number of anilines is 2. The van der Waals surface area contributed by atoms with Crippen LogP contribution < -0.4 is 15.4 Å². The SMILES string of the molecule is CS(=O)(=O)c1ccc(NCC#Cc2cc3c(NC4CCC(N5C[C@H]6C[C@H](C5)O6)CC4)cccc3n2CC(F)(F)F)c(OCC#N)c1. The van der Waals surface area contributed by atoms with E-state index in [1.807, 2.05) is 12.1 Å². The molecule has 1 saturated carbocycles. The van der Waals surface area contributed by atoms with Crippen molar-refractivity contribution >= 4 is 32.1 Å². The van der Waals surface area contributed by atoms with Gasteiger partial charge in [-0.05, 0) is 61.9 Å². The van der Waals surface area contributed by atoms with E-state index in [-0.39, 0.29) is 35.5 Å². The fraction of sp³-hybridized carbons (Fsp3) is 0.485. The molecule has 4 fully saturated rings. The van der Waals surface area contributed by atoms with Crippen LogP contribution in [0.3, 0.4) is 0 Å². The molecule has 2 atom stereocenters. The van der Waals surface area contributed by atoms with Crippen LogP contribution in [0.25, 0.3) is 10.9 Å². The van der Waals surface area contributed by atoms with Gasteiger partial charge in [0.1, 0.15) is 18.4 Å². The van der Waals surface area contributed by atoms with Crippen LogP contribution in [0.1, 0.15) is 37.8 Å². The van der Waals surface area contributed by atoms with Gasteiger partial charge in [-0.15, -0.1) is 0 Å². The maximum Gasteiger partial charge on any atom is 0.406 e. The molecule has 3 saturated heterocycles. The van der Waals surface area contributed by atoms with Gasteiger partial charge in [-0.1, -0.05) is 12.0 Å². The van der Waals surface area contributed by atoms with Crippen molar-refractivity contribution in [2.75, 3.05) is 43.1 Å². The Bertz CT molecular complexity index is 1780. The van der Waals surface area contributed by atoms with Crippen LogP contribution in [-0.2, 0) is 21.1 Å². The highest BCUT2D eigenvalue weighted by Gasteiger charge is 2.41. The van der Waals surface area contributed by atoms with Crippen LogP contribution in [0.2, 0.25) is 0 Å². The molecule has 4 aliphatic rings. The van der Waals surface area contributed by atoms with E-state index in [1.165, 1.54) is 29.2 Å². The Labute approximate surface area is 266 Å². The topological polar surface area (TPSA) is 109 Å². The smallest absolute Gasteiger partial charge is 0.406 e. The summed E-state index contributed by atoms with van der Waals surface area (Å²) in [5.41, 5.74) is 1.87. The molecule has 7 rings (SSSR count). The van der Waals surface area contributed by atoms with Gasteiger partial charge < -0.3 is 24.7 Å². The number of morpholine rings is 1. The molecular formula is C33H36F3N5O4S. The molecule has 0 spiro atoms. The second-order valence-electron chi connectivity index (χ2n) is 12.2. The van der Waals surface area contributed by atoms with Crippen LogP contribution >= 0.6 is 0 Å². The standard InChI is InChI=1S/C33H36F3N5O4S/c1-46(42,43)27-11-12-30(32(18-27)44-15-13-37)38-14-3-4-24-16-28-29(5-2-6-31(28)41(24)21-33(34,35)36)39-22-7-9-23(10-8-22)40-19-25-17-26(20-40)45-25/h2,5-6,11-12,16,18,22-23,25-26,38-39H,7-10,14-15,17,19-21H2,1H3/t22?,23?,25-,26-/m1/s1. The molecule has 13 heteroatoms. The minimum Gasteiger partial charge on any atom is -0.477 e. The molecule has 244 valence electrons. The summed E-state index contributed by atoms with van der Waals surface area (Å²) < 4.78 is 77.4. The number of ether oxygens (including phenoxy) is 2. The number of nitriles is 1. The summed E-state index contributed by atoms with van der Waals surface area (Å²) in [6, 6.07) is 13.9. The minimum atomic E-state index is -4.45. The van der Waals surface area contributed by atoms with Crippen LogP contribution in [0.4, 0.5) is 24.5 Å². The lowest BCUT2D eigenvalue weighted by molar-refractivity contribution is -0.189. The number of alkyl halides is 3. The van der Waals surface area contributed by atoms with Crippen molar-refractivity contribution in [1.82, 2.24) is 9.47 Å². The lowest BCUT2D eigenvalue weighted by Gasteiger charge is -2.50. The largest absolute Gasteiger partial charge is 0.477 e. The lowest BCUT2D eigenvalue weighted by atomic mass is 9.87. The van der Waals surface area contributed by atoms with Crippen molar-refractivity contribution in [2.24, 2.45) is 0 Å². The average molecular weight is 656 g/mol. The van der Waals surface area contributed by atoms with Gasteiger partial charge in [-0.2, -0.15) is 18.4 Å². The number of rotatable bonds is 9. The maximum atomic E-state index is 13.7. The van der Waals surface area contributed by atoms with Gasteiger partial charge in [-0.25, -0.2) is 8.42 Å². The maximum absolute atomic E-state index is 13.7. The third-order valence-corrected chi connectivity index (χ3v) is 10.0. The van der Waals surface area contributed by atoms with E-state index in [9.17, 15) is 21.6 Å². The normalized spacial score (nSPS) is 23.1. The van der Waals surface area contributed by atoms with Gasteiger partial charge >= 0.3 is 6.18 Å². The summed E-state index contributed by atoms with van der Waals surface area (Å²) in [7, 11) is -3.51. The number of hydrogen-bond donors (Lipinski definition) is 2. The molecule has 2 N–H and O–H groups in total. The first-order chi connectivity index (χ1) is 22.0. The first-order valence-electron chi connectivity index (χ1n) is 15.4. The Morgan fingerprint density at radius 2 is 1.80 bits per heavy atom. The van der Waals surface area contributed by atoms with E-state index >= 15 is 0 Å². The second kappa shape index (κ2) is 13.1. The predicted molar refractivity (Wildman–Crippen MR) is 169 cm³/mol. The van der Waals surface area contributed by atoms with Gasteiger partial charge in [0.2, 0.25) is 0 Å². The van der Waals surface area contributed by atoms with Crippen molar-refractivity contribution in [1.29, 1.82) is 5.26 Å². The zero-order chi connectivity index (χ0) is 32.5. The van der Waals surface area contributed by atoms with Crippen molar-refractivity contribution in [2.45, 2.75) is 74.0 Å². The van der Waals surface area contributed by atoms with Crippen LogP contribution in [-0.4, -0.2) is 80.8 Å². The average Bonchev–Trinajstić information content (AvgIpc) is 3.34. The number of nitrogens with zero attached hydrogens (tertiary/aromatic N) is 3. The van der Waals surface area contributed by atoms with E-state index < -0.39 is 22.6 Å². The third-order valence-electron chi connectivity index (χ3n) is 8.90. The number of nitrogens with one attached hydrogen (secondary N) is 2. The summed E-state index contributed by atoms with van der Waals surface area (Å²) >= 11 is 0. The highest BCUT2D eigenvalue weighted by Crippen LogP contribution is 2.35. The summed E-state index contributed by atoms with van der Waals surface area (Å²) in [6.07, 6.45) is 2.69. The molecule has 4 heterocycles. The van der Waals surface area contributed by atoms with Crippen molar-refractivity contribution in [3.63, 3.8) is 0 Å². The Morgan fingerprint density at radius 3 is 2.48 bits per heavy atom. The number of hydrogen-bond acceptors (Lipinski definition) is 8. The van der Waals surface area contributed by atoms with Crippen LogP contribution in [0, 0.1) is 23.2 Å². The van der Waals surface area contributed by atoms with Crippen molar-refractivity contribution < 1.29 is 31.1 Å². The summed E-state index contributed by atoms with van der Waals surface area (Å²) in [4.78, 5) is 2.60. The molecule has 46 heavy (non-hydrogen) atoms. The molecule has 9 nitrogen and oxygen atoms in total. The molecule has 2 aromatic carbocycles. The molecule has 3 aromatic rings. The second-order valence-corrected chi connectivity index (χ2v) is 14.2. The zero-order valence-electron chi connectivity index (χ0n) is 25.4. The highest BCUT2D eigenvalue weighted by molar-refractivity contribution is 7.90. The Kier molecular flexibility index (Phi) is 9.10. The Morgan fingerprint density at radius 1 is 1.07 bits per heavy atom. The molecule has 1 aliphatic carbocycles. The van der Waals surface area contributed by atoms with Gasteiger partial charge in [-0.3, -0.25) is 4.90 Å². The van der Waals surface area contributed by atoms with Gasteiger partial charge in [0.05, 0.1) is 40.5 Å². The molecule has 3 aliphatic heterocycles. The quantitative estimate of drug-likeness (QED) is 0.304. The highest BCUT2D eigenvalue weighted by atomic mass is 32.2. The number of aromatic nitrogens is 1.